The molecule has 0 bridgehead atoms. The van der Waals surface area contributed by atoms with Crippen molar-refractivity contribution in [2.45, 2.75) is 32.1 Å². The van der Waals surface area contributed by atoms with E-state index in [1.54, 1.807) is 7.11 Å². The summed E-state index contributed by atoms with van der Waals surface area (Å²) in [6.07, 6.45) is 2.63. The normalized spacial score (nSPS) is 22.9. The van der Waals surface area contributed by atoms with Crippen molar-refractivity contribution >= 4 is 11.8 Å². The van der Waals surface area contributed by atoms with Gasteiger partial charge in [-0.05, 0) is 19.3 Å². The first-order valence-electron chi connectivity index (χ1n) is 7.04. The zero-order valence-corrected chi connectivity index (χ0v) is 12.1. The van der Waals surface area contributed by atoms with Crippen molar-refractivity contribution in [2.24, 2.45) is 5.41 Å². The Balaban J connectivity index is 2.23. The third-order valence-electron chi connectivity index (χ3n) is 3.68. The summed E-state index contributed by atoms with van der Waals surface area (Å²) in [6.45, 7) is 2.16. The number of hydrogen-bond donors (Lipinski definition) is 1. The molecule has 1 unspecified atom stereocenters. The molecule has 0 radical (unpaired) electrons. The summed E-state index contributed by atoms with van der Waals surface area (Å²) in [5.74, 6) is -1.17. The molecule has 1 saturated carbocycles. The van der Waals surface area contributed by atoms with Crippen LogP contribution in [0.5, 0.6) is 0 Å². The quantitative estimate of drug-likeness (QED) is 0.481. The molecule has 0 amide bonds. The van der Waals surface area contributed by atoms with Crippen molar-refractivity contribution in [3.8, 4) is 0 Å². The Morgan fingerprint density at radius 1 is 1.15 bits per heavy atom. The molecule has 1 aliphatic rings. The molecular formula is C14H24O6. The molecule has 20 heavy (non-hydrogen) atoms. The number of carbonyl (C=O) groups is 2. The number of Topliss-reactive ketones (excluding diaryl/α,β-unsaturated/α-hetero) is 1. The molecule has 0 aromatic rings. The van der Waals surface area contributed by atoms with Crippen molar-refractivity contribution in [3.05, 3.63) is 0 Å². The lowest BCUT2D eigenvalue weighted by Gasteiger charge is -2.31. The van der Waals surface area contributed by atoms with Gasteiger partial charge in [-0.3, -0.25) is 9.59 Å². The number of carboxylic acids is 1. The van der Waals surface area contributed by atoms with Gasteiger partial charge >= 0.3 is 5.97 Å². The van der Waals surface area contributed by atoms with Gasteiger partial charge in [-0.2, -0.15) is 0 Å². The fourth-order valence-electron chi connectivity index (χ4n) is 2.40. The lowest BCUT2D eigenvalue weighted by atomic mass is 9.71. The molecule has 0 saturated heterocycles. The third kappa shape index (κ3) is 4.85. The van der Waals surface area contributed by atoms with Gasteiger partial charge in [0, 0.05) is 20.1 Å². The zero-order valence-electron chi connectivity index (χ0n) is 12.1. The number of hydrogen-bond acceptors (Lipinski definition) is 5. The molecule has 1 fully saturated rings. The maximum Gasteiger partial charge on any atom is 0.317 e. The van der Waals surface area contributed by atoms with Crippen molar-refractivity contribution in [3.63, 3.8) is 0 Å². The van der Waals surface area contributed by atoms with Crippen LogP contribution in [0, 0.1) is 5.41 Å². The number of carbonyl (C=O) groups excluding carboxylic acids is 1. The van der Waals surface area contributed by atoms with Gasteiger partial charge in [0.25, 0.3) is 0 Å². The van der Waals surface area contributed by atoms with E-state index in [0.29, 0.717) is 39.3 Å². The predicted octanol–water partition coefficient (Wildman–Crippen LogP) is 1.27. The number of rotatable bonds is 10. The molecule has 1 N–H and O–H groups in total. The topological polar surface area (TPSA) is 82.1 Å². The molecule has 0 spiro atoms. The Kier molecular flexibility index (Phi) is 7.72. The number of methoxy groups -OCH3 is 1. The van der Waals surface area contributed by atoms with Crippen LogP contribution < -0.4 is 0 Å². The first-order valence-corrected chi connectivity index (χ1v) is 7.04. The monoisotopic (exact) mass is 288 g/mol. The summed E-state index contributed by atoms with van der Waals surface area (Å²) in [4.78, 5) is 23.3. The number of ether oxygens (including phenoxy) is 3. The van der Waals surface area contributed by atoms with Crippen LogP contribution in [0.3, 0.4) is 0 Å². The van der Waals surface area contributed by atoms with E-state index < -0.39 is 11.4 Å². The second kappa shape index (κ2) is 9.05. The summed E-state index contributed by atoms with van der Waals surface area (Å²) in [5.41, 5.74) is -1.23. The Hall–Kier alpha value is -0.980. The van der Waals surface area contributed by atoms with Gasteiger partial charge in [0.2, 0.25) is 0 Å². The third-order valence-corrected chi connectivity index (χ3v) is 3.68. The van der Waals surface area contributed by atoms with Crippen molar-refractivity contribution in [1.82, 2.24) is 0 Å². The molecule has 1 rings (SSSR count). The zero-order chi connectivity index (χ0) is 14.8. The molecule has 1 atom stereocenters. The standard InChI is InChI=1S/C14H24O6/c1-18-8-9-20-11-10-19-7-6-14(13(16)17)5-3-2-4-12(14)15/h2-11H2,1H3,(H,16,17). The highest BCUT2D eigenvalue weighted by Crippen LogP contribution is 2.36. The minimum absolute atomic E-state index is 0.156. The van der Waals surface area contributed by atoms with Crippen molar-refractivity contribution < 1.29 is 28.9 Å². The molecule has 0 aromatic heterocycles. The van der Waals surface area contributed by atoms with Crippen LogP contribution in [0.2, 0.25) is 0 Å². The second-order valence-corrected chi connectivity index (χ2v) is 4.99. The molecule has 0 heterocycles. The Bertz CT molecular complexity index is 317. The summed E-state index contributed by atoms with van der Waals surface area (Å²) < 4.78 is 15.4. The van der Waals surface area contributed by atoms with Gasteiger partial charge in [0.05, 0.1) is 26.4 Å². The van der Waals surface area contributed by atoms with Gasteiger partial charge in [0.15, 0.2) is 0 Å². The van der Waals surface area contributed by atoms with E-state index in [1.807, 2.05) is 0 Å². The summed E-state index contributed by atoms with van der Waals surface area (Å²) in [5, 5.41) is 9.34. The van der Waals surface area contributed by atoms with E-state index in [2.05, 4.69) is 0 Å². The first-order chi connectivity index (χ1) is 9.63. The van der Waals surface area contributed by atoms with Gasteiger partial charge in [-0.25, -0.2) is 0 Å². The Morgan fingerprint density at radius 2 is 1.80 bits per heavy atom. The molecule has 1 aliphatic carbocycles. The lowest BCUT2D eigenvalue weighted by molar-refractivity contribution is -0.158. The average molecular weight is 288 g/mol. The number of carboxylic acid groups (broad SMARTS) is 1. The average Bonchev–Trinajstić information content (AvgIpc) is 2.43. The van der Waals surface area contributed by atoms with Crippen LogP contribution in [0.4, 0.5) is 0 Å². The van der Waals surface area contributed by atoms with Crippen LogP contribution in [0.1, 0.15) is 32.1 Å². The molecule has 0 aliphatic heterocycles. The van der Waals surface area contributed by atoms with E-state index in [-0.39, 0.29) is 18.8 Å². The predicted molar refractivity (Wildman–Crippen MR) is 71.7 cm³/mol. The first kappa shape index (κ1) is 17.1. The largest absolute Gasteiger partial charge is 0.480 e. The maximum atomic E-state index is 11.9. The molecule has 116 valence electrons. The van der Waals surface area contributed by atoms with Gasteiger partial charge < -0.3 is 19.3 Å². The smallest absolute Gasteiger partial charge is 0.317 e. The highest BCUT2D eigenvalue weighted by atomic mass is 16.5. The van der Waals surface area contributed by atoms with E-state index in [4.69, 9.17) is 14.2 Å². The van der Waals surface area contributed by atoms with E-state index in [1.165, 1.54) is 0 Å². The number of aliphatic carboxylic acids is 1. The molecular weight excluding hydrogens is 264 g/mol. The fraction of sp³-hybridized carbons (Fsp3) is 0.857. The summed E-state index contributed by atoms with van der Waals surface area (Å²) >= 11 is 0. The van der Waals surface area contributed by atoms with Crippen LogP contribution in [-0.4, -0.2) is 57.0 Å². The van der Waals surface area contributed by atoms with Gasteiger partial charge in [0.1, 0.15) is 11.2 Å². The summed E-state index contributed by atoms with van der Waals surface area (Å²) in [6, 6.07) is 0. The van der Waals surface area contributed by atoms with Crippen molar-refractivity contribution in [2.75, 3.05) is 40.1 Å². The van der Waals surface area contributed by atoms with Crippen molar-refractivity contribution in [1.29, 1.82) is 0 Å². The van der Waals surface area contributed by atoms with Crippen LogP contribution >= 0.6 is 0 Å². The van der Waals surface area contributed by atoms with Crippen LogP contribution in [-0.2, 0) is 23.8 Å². The highest BCUT2D eigenvalue weighted by Gasteiger charge is 2.46. The van der Waals surface area contributed by atoms with E-state index in [9.17, 15) is 14.7 Å². The van der Waals surface area contributed by atoms with Crippen LogP contribution in [0.25, 0.3) is 0 Å². The minimum Gasteiger partial charge on any atom is -0.480 e. The van der Waals surface area contributed by atoms with Gasteiger partial charge in [-0.15, -0.1) is 0 Å². The van der Waals surface area contributed by atoms with E-state index >= 15 is 0 Å². The fourth-order valence-corrected chi connectivity index (χ4v) is 2.40. The van der Waals surface area contributed by atoms with E-state index in [0.717, 1.165) is 12.8 Å². The summed E-state index contributed by atoms with van der Waals surface area (Å²) in [7, 11) is 1.60. The minimum atomic E-state index is -1.23. The number of ketones is 1. The molecule has 6 heteroatoms. The SMILES string of the molecule is COCCOCCOCCC1(C(=O)O)CCCCC1=O. The highest BCUT2D eigenvalue weighted by molar-refractivity contribution is 6.03. The van der Waals surface area contributed by atoms with Gasteiger partial charge in [-0.1, -0.05) is 6.42 Å². The Labute approximate surface area is 119 Å². The molecule has 0 aromatic carbocycles. The van der Waals surface area contributed by atoms with Crippen LogP contribution in [0.15, 0.2) is 0 Å². The second-order valence-electron chi connectivity index (χ2n) is 4.99. The Morgan fingerprint density at radius 3 is 2.40 bits per heavy atom. The molecule has 6 nitrogen and oxygen atoms in total. The maximum absolute atomic E-state index is 11.9. The lowest BCUT2D eigenvalue weighted by Crippen LogP contribution is -2.42.